The molecule has 4 heterocycles. The van der Waals surface area contributed by atoms with Gasteiger partial charge in [0.1, 0.15) is 13.2 Å². The highest BCUT2D eigenvalue weighted by atomic mass is 19.4. The molecule has 2 aliphatic heterocycles. The summed E-state index contributed by atoms with van der Waals surface area (Å²) in [4.78, 5) is 15.0. The van der Waals surface area contributed by atoms with Crippen molar-refractivity contribution in [2.45, 2.75) is 77.0 Å². The summed E-state index contributed by atoms with van der Waals surface area (Å²) in [6, 6.07) is 7.71. The van der Waals surface area contributed by atoms with Gasteiger partial charge in [-0.2, -0.15) is 17.6 Å². The van der Waals surface area contributed by atoms with Crippen LogP contribution in [0.2, 0.25) is 0 Å². The van der Waals surface area contributed by atoms with E-state index in [4.69, 9.17) is 24.5 Å². The molecule has 2 aliphatic rings. The molecule has 1 aromatic carbocycles. The van der Waals surface area contributed by atoms with E-state index in [1.807, 2.05) is 0 Å². The van der Waals surface area contributed by atoms with Crippen LogP contribution in [-0.2, 0) is 18.8 Å². The van der Waals surface area contributed by atoms with Gasteiger partial charge < -0.3 is 29.3 Å². The van der Waals surface area contributed by atoms with Crippen LogP contribution >= 0.6 is 0 Å². The van der Waals surface area contributed by atoms with E-state index in [2.05, 4.69) is 14.8 Å². The van der Waals surface area contributed by atoms with Gasteiger partial charge in [-0.3, -0.25) is 0 Å². The molecule has 15 heteroatoms. The fourth-order valence-corrected chi connectivity index (χ4v) is 5.33. The van der Waals surface area contributed by atoms with Gasteiger partial charge in [0, 0.05) is 24.4 Å². The number of nitrogens with two attached hydrogens (primary N) is 1. The summed E-state index contributed by atoms with van der Waals surface area (Å²) < 4.78 is 87.7. The maximum atomic E-state index is 15.3. The van der Waals surface area contributed by atoms with Crippen molar-refractivity contribution in [3.05, 3.63) is 59.1 Å². The molecule has 45 heavy (non-hydrogen) atoms. The third-order valence-corrected chi connectivity index (χ3v) is 8.23. The van der Waals surface area contributed by atoms with E-state index in [0.717, 1.165) is 12.8 Å². The second-order valence-electron chi connectivity index (χ2n) is 12.0. The zero-order chi connectivity index (χ0) is 32.6. The molecule has 1 amide bonds. The van der Waals surface area contributed by atoms with Crippen LogP contribution in [0.1, 0.15) is 70.7 Å². The van der Waals surface area contributed by atoms with Crippen molar-refractivity contribution >= 4 is 29.7 Å². The van der Waals surface area contributed by atoms with Crippen molar-refractivity contribution < 1.29 is 45.9 Å². The van der Waals surface area contributed by atoms with Crippen LogP contribution in [0, 0.1) is 5.95 Å². The summed E-state index contributed by atoms with van der Waals surface area (Å²) in [5.41, 5.74) is 4.02. The number of carbonyl (C=O) groups is 1. The number of ether oxygens (including phenoxy) is 3. The van der Waals surface area contributed by atoms with Crippen LogP contribution < -0.4 is 10.5 Å². The fraction of sp³-hybridized carbons (Fsp3) is 0.500. The Balaban J connectivity index is 1.63. The Bertz CT molecular complexity index is 1550. The Morgan fingerprint density at radius 1 is 1.09 bits per heavy atom. The second kappa shape index (κ2) is 12.6. The number of nitrogens with zero attached hydrogens (tertiary/aromatic N) is 3. The largest absolute Gasteiger partial charge is 0.491 e. The standard InChI is InChI=1S/C30H35BF4N4O6/c1-28(2)29(3,4)45-31(44-28)21(16-30(33,34)35)25(19-9-11-23(37-17-19)41-13-14-43-27(36)40)18-8-10-22-20(15-18)26(32)38-39(22)24-7-5-6-12-42-24/h8-11,15,17,24H,5-7,12-14,16H2,1-4H3,(H2,36,40)/b25-21-. The van der Waals surface area contributed by atoms with Gasteiger partial charge in [0.15, 0.2) is 6.23 Å². The van der Waals surface area contributed by atoms with Crippen molar-refractivity contribution in [1.29, 1.82) is 0 Å². The van der Waals surface area contributed by atoms with Crippen LogP contribution in [0.15, 0.2) is 42.0 Å². The fourth-order valence-electron chi connectivity index (χ4n) is 5.33. The average Bonchev–Trinajstić information content (AvgIpc) is 3.41. The van der Waals surface area contributed by atoms with E-state index < -0.39 is 49.2 Å². The number of primary amides is 1. The molecule has 2 fully saturated rings. The Labute approximate surface area is 257 Å². The minimum atomic E-state index is -4.64. The number of aromatic nitrogens is 3. The summed E-state index contributed by atoms with van der Waals surface area (Å²) >= 11 is 0. The Kier molecular flexibility index (Phi) is 9.16. The normalized spacial score (nSPS) is 20.3. The van der Waals surface area contributed by atoms with Crippen LogP contribution in [0.3, 0.4) is 0 Å². The predicted molar refractivity (Wildman–Crippen MR) is 157 cm³/mol. The molecular weight excluding hydrogens is 599 g/mol. The summed E-state index contributed by atoms with van der Waals surface area (Å²) in [6.45, 7) is 7.35. The number of allylic oxidation sites excluding steroid dienone is 1. The average molecular weight is 634 g/mol. The maximum absolute atomic E-state index is 15.3. The lowest BCUT2D eigenvalue weighted by Crippen LogP contribution is -2.41. The molecular formula is C30H35BF4N4O6. The van der Waals surface area contributed by atoms with Gasteiger partial charge >= 0.3 is 19.4 Å². The Hall–Kier alpha value is -3.69. The van der Waals surface area contributed by atoms with E-state index >= 15 is 4.39 Å². The lowest BCUT2D eigenvalue weighted by Gasteiger charge is -2.32. The number of rotatable bonds is 9. The van der Waals surface area contributed by atoms with Gasteiger partial charge in [0.05, 0.1) is 28.5 Å². The van der Waals surface area contributed by atoms with Gasteiger partial charge in [-0.15, -0.1) is 5.10 Å². The number of fused-ring (bicyclic) bond motifs is 1. The molecule has 10 nitrogen and oxygen atoms in total. The molecule has 242 valence electrons. The zero-order valence-electron chi connectivity index (χ0n) is 25.4. The number of pyridine rings is 1. The number of alkyl halides is 3. The molecule has 0 radical (unpaired) electrons. The van der Waals surface area contributed by atoms with Crippen molar-refractivity contribution in [3.63, 3.8) is 0 Å². The van der Waals surface area contributed by atoms with Gasteiger partial charge in [-0.05, 0) is 81.8 Å². The third kappa shape index (κ3) is 7.26. The topological polar surface area (TPSA) is 120 Å². The van der Waals surface area contributed by atoms with E-state index in [9.17, 15) is 18.0 Å². The number of benzene rings is 1. The number of carbonyl (C=O) groups excluding carboxylic acids is 1. The van der Waals surface area contributed by atoms with Crippen molar-refractivity contribution in [2.75, 3.05) is 19.8 Å². The van der Waals surface area contributed by atoms with Gasteiger partial charge in [-0.25, -0.2) is 14.5 Å². The van der Waals surface area contributed by atoms with Gasteiger partial charge in [0.25, 0.3) is 0 Å². The van der Waals surface area contributed by atoms with E-state index in [1.54, 1.807) is 39.8 Å². The minimum absolute atomic E-state index is 0.0458. The summed E-state index contributed by atoms with van der Waals surface area (Å²) in [5, 5.41) is 4.20. The molecule has 2 saturated heterocycles. The lowest BCUT2D eigenvalue weighted by molar-refractivity contribution is -0.126. The number of hydrogen-bond donors (Lipinski definition) is 1. The first-order valence-electron chi connectivity index (χ1n) is 14.6. The summed E-state index contributed by atoms with van der Waals surface area (Å²) in [6.07, 6.45) is -3.59. The molecule has 2 aromatic heterocycles. The molecule has 3 aromatic rings. The number of amides is 1. The molecule has 1 atom stereocenters. The third-order valence-electron chi connectivity index (χ3n) is 8.23. The molecule has 0 spiro atoms. The molecule has 1 unspecified atom stereocenters. The quantitative estimate of drug-likeness (QED) is 0.170. The first-order valence-corrected chi connectivity index (χ1v) is 14.6. The summed E-state index contributed by atoms with van der Waals surface area (Å²) in [5.74, 6) is -0.636. The number of halogens is 4. The van der Waals surface area contributed by atoms with Crippen LogP contribution in [0.4, 0.5) is 22.4 Å². The van der Waals surface area contributed by atoms with Crippen LogP contribution in [-0.4, -0.2) is 65.2 Å². The lowest BCUT2D eigenvalue weighted by atomic mass is 9.70. The van der Waals surface area contributed by atoms with E-state index in [-0.39, 0.29) is 46.7 Å². The molecule has 2 N–H and O–H groups in total. The van der Waals surface area contributed by atoms with Gasteiger partial charge in [0.2, 0.25) is 11.8 Å². The highest BCUT2D eigenvalue weighted by Gasteiger charge is 2.54. The highest BCUT2D eigenvalue weighted by Crippen LogP contribution is 2.44. The smallest absolute Gasteiger partial charge is 0.474 e. The van der Waals surface area contributed by atoms with Crippen molar-refractivity contribution in [3.8, 4) is 5.88 Å². The second-order valence-corrected chi connectivity index (χ2v) is 12.0. The molecule has 0 aliphatic carbocycles. The Morgan fingerprint density at radius 3 is 2.40 bits per heavy atom. The first kappa shape index (κ1) is 32.7. The Morgan fingerprint density at radius 2 is 1.80 bits per heavy atom. The van der Waals surface area contributed by atoms with Crippen molar-refractivity contribution in [2.24, 2.45) is 5.73 Å². The monoisotopic (exact) mass is 634 g/mol. The van der Waals surface area contributed by atoms with E-state index in [0.29, 0.717) is 18.5 Å². The molecule has 5 rings (SSSR count). The molecule has 0 bridgehead atoms. The predicted octanol–water partition coefficient (Wildman–Crippen LogP) is 6.13. The van der Waals surface area contributed by atoms with E-state index in [1.165, 1.54) is 29.1 Å². The highest BCUT2D eigenvalue weighted by molar-refractivity contribution is 6.56. The SMILES string of the molecule is CC1(C)OB(/C(CC(F)(F)F)=C(\c2ccc(OCCOC(N)=O)nc2)c2ccc3c(c2)c(F)nn3C2CCCCO2)OC1(C)C. The first-order chi connectivity index (χ1) is 21.1. The van der Waals surface area contributed by atoms with Crippen molar-refractivity contribution in [1.82, 2.24) is 14.8 Å². The molecule has 0 saturated carbocycles. The van der Waals surface area contributed by atoms with Crippen LogP contribution in [0.5, 0.6) is 5.88 Å². The number of hydrogen-bond acceptors (Lipinski definition) is 8. The van der Waals surface area contributed by atoms with Gasteiger partial charge in [-0.1, -0.05) is 6.07 Å². The van der Waals surface area contributed by atoms with Crippen LogP contribution in [0.25, 0.3) is 16.5 Å². The maximum Gasteiger partial charge on any atom is 0.491 e. The zero-order valence-corrected chi connectivity index (χ0v) is 25.4. The minimum Gasteiger partial charge on any atom is -0.474 e. The summed E-state index contributed by atoms with van der Waals surface area (Å²) in [7, 11) is -1.37.